The summed E-state index contributed by atoms with van der Waals surface area (Å²) in [7, 11) is 0. The van der Waals surface area contributed by atoms with Crippen LogP contribution >= 0.6 is 0 Å². The average Bonchev–Trinajstić information content (AvgIpc) is 3.41. The van der Waals surface area contributed by atoms with E-state index in [0.717, 1.165) is 66.1 Å². The van der Waals surface area contributed by atoms with Crippen molar-refractivity contribution in [3.63, 3.8) is 0 Å². The van der Waals surface area contributed by atoms with Crippen LogP contribution in [-0.4, -0.2) is 19.5 Å². The second-order valence-corrected chi connectivity index (χ2v) is 10.9. The van der Waals surface area contributed by atoms with Gasteiger partial charge in [0.05, 0.1) is 33.5 Å². The summed E-state index contributed by atoms with van der Waals surface area (Å²) in [5.74, 6) is 0.658. The zero-order valence-corrected chi connectivity index (χ0v) is 23.1. The zero-order valence-electron chi connectivity index (χ0n) is 23.1. The second kappa shape index (κ2) is 9.33. The van der Waals surface area contributed by atoms with Crippen molar-refractivity contribution >= 4 is 54.4 Å². The molecule has 0 atom stereocenters. The topological polar surface area (TPSA) is 43.6 Å². The third-order valence-corrected chi connectivity index (χ3v) is 8.39. The SMILES string of the molecule is c1ccc(-c2nc(-n3c4ccccc4c4cc(-c5nc6ccccc6c6ccccc56)ccc43)nc3ccccc23)cc1. The Kier molecular flexibility index (Phi) is 5.16. The number of fused-ring (bicyclic) bond motifs is 7. The number of hydrogen-bond donors (Lipinski definition) is 0. The molecule has 3 heterocycles. The van der Waals surface area contributed by atoms with Gasteiger partial charge in [-0.1, -0.05) is 115 Å². The Labute approximate surface area is 247 Å². The molecule has 4 nitrogen and oxygen atoms in total. The first kappa shape index (κ1) is 23.8. The molecule has 0 aliphatic rings. The number of benzene rings is 6. The molecule has 0 spiro atoms. The van der Waals surface area contributed by atoms with Gasteiger partial charge in [-0.2, -0.15) is 0 Å². The third kappa shape index (κ3) is 3.67. The first-order valence-electron chi connectivity index (χ1n) is 14.5. The Bertz CT molecular complexity index is 2510. The summed E-state index contributed by atoms with van der Waals surface area (Å²) in [6.45, 7) is 0. The van der Waals surface area contributed by atoms with E-state index in [9.17, 15) is 0 Å². The molecule has 0 aliphatic carbocycles. The van der Waals surface area contributed by atoms with E-state index >= 15 is 0 Å². The lowest BCUT2D eigenvalue weighted by Crippen LogP contribution is -2.03. The first-order valence-corrected chi connectivity index (χ1v) is 14.5. The molecular formula is C39H24N4. The monoisotopic (exact) mass is 548 g/mol. The number of para-hydroxylation sites is 3. The van der Waals surface area contributed by atoms with E-state index in [-0.39, 0.29) is 0 Å². The summed E-state index contributed by atoms with van der Waals surface area (Å²) in [6.07, 6.45) is 0. The molecule has 0 aliphatic heterocycles. The molecule has 0 fully saturated rings. The van der Waals surface area contributed by atoms with Crippen molar-refractivity contribution in [2.24, 2.45) is 0 Å². The van der Waals surface area contributed by atoms with Gasteiger partial charge in [-0.05, 0) is 35.7 Å². The Morgan fingerprint density at radius 1 is 0.349 bits per heavy atom. The Morgan fingerprint density at radius 3 is 1.74 bits per heavy atom. The van der Waals surface area contributed by atoms with Gasteiger partial charge in [-0.15, -0.1) is 0 Å². The Balaban J connectivity index is 1.33. The highest BCUT2D eigenvalue weighted by Gasteiger charge is 2.18. The lowest BCUT2D eigenvalue weighted by Gasteiger charge is -2.12. The number of pyridine rings is 1. The molecule has 9 rings (SSSR count). The van der Waals surface area contributed by atoms with Crippen molar-refractivity contribution < 1.29 is 0 Å². The molecular weight excluding hydrogens is 524 g/mol. The lowest BCUT2D eigenvalue weighted by atomic mass is 9.99. The highest BCUT2D eigenvalue weighted by Crippen LogP contribution is 2.38. The van der Waals surface area contributed by atoms with Gasteiger partial charge in [-0.25, -0.2) is 15.0 Å². The fourth-order valence-corrected chi connectivity index (χ4v) is 6.44. The molecule has 6 aromatic carbocycles. The molecule has 200 valence electrons. The minimum atomic E-state index is 0.658. The Hall–Kier alpha value is -5.87. The van der Waals surface area contributed by atoms with Crippen molar-refractivity contribution in [2.75, 3.05) is 0 Å². The van der Waals surface area contributed by atoms with Crippen LogP contribution in [0, 0.1) is 0 Å². The summed E-state index contributed by atoms with van der Waals surface area (Å²) in [5.41, 5.74) is 8.11. The molecule has 3 aromatic heterocycles. The van der Waals surface area contributed by atoms with E-state index in [1.807, 2.05) is 18.2 Å². The fraction of sp³-hybridized carbons (Fsp3) is 0. The number of hydrogen-bond acceptors (Lipinski definition) is 3. The summed E-state index contributed by atoms with van der Waals surface area (Å²) in [5, 5.41) is 6.86. The van der Waals surface area contributed by atoms with Crippen LogP contribution in [0.15, 0.2) is 146 Å². The van der Waals surface area contributed by atoms with Crippen LogP contribution in [-0.2, 0) is 0 Å². The van der Waals surface area contributed by atoms with Crippen LogP contribution in [0.5, 0.6) is 0 Å². The maximum absolute atomic E-state index is 5.21. The molecule has 9 aromatic rings. The molecule has 0 N–H and O–H groups in total. The van der Waals surface area contributed by atoms with Crippen molar-refractivity contribution in [1.82, 2.24) is 19.5 Å². The molecule has 4 heteroatoms. The molecule has 0 saturated carbocycles. The maximum atomic E-state index is 5.21. The van der Waals surface area contributed by atoms with E-state index in [1.165, 1.54) is 10.8 Å². The van der Waals surface area contributed by atoms with Crippen LogP contribution in [0.25, 0.3) is 82.8 Å². The minimum absolute atomic E-state index is 0.658. The van der Waals surface area contributed by atoms with Crippen LogP contribution in [0.1, 0.15) is 0 Å². The molecule has 43 heavy (non-hydrogen) atoms. The second-order valence-electron chi connectivity index (χ2n) is 10.9. The predicted molar refractivity (Wildman–Crippen MR) is 178 cm³/mol. The van der Waals surface area contributed by atoms with E-state index in [1.54, 1.807) is 0 Å². The van der Waals surface area contributed by atoms with E-state index < -0.39 is 0 Å². The molecule has 0 radical (unpaired) electrons. The van der Waals surface area contributed by atoms with Gasteiger partial charge < -0.3 is 0 Å². The van der Waals surface area contributed by atoms with Crippen molar-refractivity contribution in [3.05, 3.63) is 146 Å². The highest BCUT2D eigenvalue weighted by atomic mass is 15.2. The fourth-order valence-electron chi connectivity index (χ4n) is 6.44. The van der Waals surface area contributed by atoms with Gasteiger partial charge in [0.2, 0.25) is 5.95 Å². The summed E-state index contributed by atoms with van der Waals surface area (Å²) in [4.78, 5) is 15.5. The lowest BCUT2D eigenvalue weighted by molar-refractivity contribution is 1.01. The van der Waals surface area contributed by atoms with E-state index in [4.69, 9.17) is 15.0 Å². The number of nitrogens with zero attached hydrogens (tertiary/aromatic N) is 4. The van der Waals surface area contributed by atoms with E-state index in [2.05, 4.69) is 132 Å². The minimum Gasteiger partial charge on any atom is -0.278 e. The van der Waals surface area contributed by atoms with Crippen molar-refractivity contribution in [1.29, 1.82) is 0 Å². The maximum Gasteiger partial charge on any atom is 0.235 e. The largest absolute Gasteiger partial charge is 0.278 e. The van der Waals surface area contributed by atoms with E-state index in [0.29, 0.717) is 5.95 Å². The molecule has 0 saturated heterocycles. The molecule has 0 bridgehead atoms. The average molecular weight is 549 g/mol. The molecule has 0 unspecified atom stereocenters. The summed E-state index contributed by atoms with van der Waals surface area (Å²) < 4.78 is 2.19. The molecule has 0 amide bonds. The van der Waals surface area contributed by atoms with Crippen molar-refractivity contribution in [3.8, 4) is 28.5 Å². The van der Waals surface area contributed by atoms with Gasteiger partial charge >= 0.3 is 0 Å². The van der Waals surface area contributed by atoms with Crippen LogP contribution in [0.4, 0.5) is 0 Å². The van der Waals surface area contributed by atoms with Gasteiger partial charge in [0, 0.05) is 38.1 Å². The highest BCUT2D eigenvalue weighted by molar-refractivity contribution is 6.14. The standard InChI is InChI=1S/C39H24N4/c1-2-12-25(13-3-1)37-31-18-7-10-20-34(31)41-39(42-37)43-35-21-11-8-16-29(35)32-24-26(22-23-36(32)43)38-30-17-5-4-14-27(30)28-15-6-9-19-33(28)40-38/h1-24H. The summed E-state index contributed by atoms with van der Waals surface area (Å²) >= 11 is 0. The smallest absolute Gasteiger partial charge is 0.235 e. The van der Waals surface area contributed by atoms with Gasteiger partial charge in [-0.3, -0.25) is 4.57 Å². The van der Waals surface area contributed by atoms with Crippen LogP contribution in [0.2, 0.25) is 0 Å². The number of rotatable bonds is 3. The quantitative estimate of drug-likeness (QED) is 0.206. The van der Waals surface area contributed by atoms with Crippen LogP contribution in [0.3, 0.4) is 0 Å². The van der Waals surface area contributed by atoms with Gasteiger partial charge in [0.25, 0.3) is 0 Å². The summed E-state index contributed by atoms with van der Waals surface area (Å²) in [6, 6.07) is 50.7. The van der Waals surface area contributed by atoms with Gasteiger partial charge in [0.15, 0.2) is 0 Å². The zero-order chi connectivity index (χ0) is 28.3. The van der Waals surface area contributed by atoms with Crippen molar-refractivity contribution in [2.45, 2.75) is 0 Å². The van der Waals surface area contributed by atoms with Gasteiger partial charge in [0.1, 0.15) is 0 Å². The third-order valence-electron chi connectivity index (χ3n) is 8.39. The predicted octanol–water partition coefficient (Wildman–Crippen LogP) is 9.76. The Morgan fingerprint density at radius 2 is 0.930 bits per heavy atom. The number of aromatic nitrogens is 4. The van der Waals surface area contributed by atoms with Crippen LogP contribution < -0.4 is 0 Å². The normalized spacial score (nSPS) is 11.7. The first-order chi connectivity index (χ1) is 21.3.